The van der Waals surface area contributed by atoms with Gasteiger partial charge in [0.25, 0.3) is 0 Å². The van der Waals surface area contributed by atoms with Gasteiger partial charge in [0, 0.05) is 17.3 Å². The van der Waals surface area contributed by atoms with Gasteiger partial charge in [0.05, 0.1) is 16.0 Å². The number of thiazole rings is 1. The number of rotatable bonds is 6. The summed E-state index contributed by atoms with van der Waals surface area (Å²) in [6.07, 6.45) is 0. The van der Waals surface area contributed by atoms with E-state index in [0.29, 0.717) is 5.75 Å². The number of carbonyl (C=O) groups excluding carboxylic acids is 2. The van der Waals surface area contributed by atoms with Gasteiger partial charge >= 0.3 is 0 Å². The third-order valence-corrected chi connectivity index (χ3v) is 6.30. The second-order valence-electron chi connectivity index (χ2n) is 6.96. The first-order valence-corrected chi connectivity index (χ1v) is 10.8. The Labute approximate surface area is 172 Å². The zero-order valence-corrected chi connectivity index (χ0v) is 18.0. The first kappa shape index (κ1) is 20.4. The Morgan fingerprint density at radius 1 is 1.11 bits per heavy atom. The molecule has 0 spiro atoms. The Balaban J connectivity index is 1.62. The number of nitrogens with zero attached hydrogens (tertiary/aromatic N) is 1. The molecule has 0 aliphatic heterocycles. The molecule has 1 heterocycles. The fourth-order valence-electron chi connectivity index (χ4n) is 2.60. The minimum atomic E-state index is -0.0704. The first-order valence-electron chi connectivity index (χ1n) is 9.03. The van der Waals surface area contributed by atoms with Crippen LogP contribution in [0.2, 0.25) is 0 Å². The average molecular weight is 414 g/mol. The van der Waals surface area contributed by atoms with Crippen molar-refractivity contribution in [3.63, 3.8) is 0 Å². The van der Waals surface area contributed by atoms with Crippen LogP contribution in [0.15, 0.2) is 40.7 Å². The standard InChI is InChI=1S/C21H23N3O2S2/c1-12(2)20(26)22-15-6-8-17-18(10-15)28-21(24-17)27-11-19(25)23-16-7-5-13(3)9-14(16)4/h5-10,12H,11H2,1-4H3,(H,22,26)(H,23,25). The first-order chi connectivity index (χ1) is 13.3. The van der Waals surface area contributed by atoms with Crippen molar-refractivity contribution in [1.82, 2.24) is 4.98 Å². The predicted molar refractivity (Wildman–Crippen MR) is 118 cm³/mol. The number of aryl methyl sites for hydroxylation is 2. The van der Waals surface area contributed by atoms with E-state index in [2.05, 4.69) is 15.6 Å². The van der Waals surface area contributed by atoms with Crippen molar-refractivity contribution in [2.24, 2.45) is 5.92 Å². The molecule has 0 bridgehead atoms. The normalized spacial score (nSPS) is 11.0. The molecule has 1 aromatic heterocycles. The van der Waals surface area contributed by atoms with Gasteiger partial charge in [0.15, 0.2) is 4.34 Å². The molecule has 7 heteroatoms. The van der Waals surface area contributed by atoms with Gasteiger partial charge in [-0.1, -0.05) is 43.3 Å². The summed E-state index contributed by atoms with van der Waals surface area (Å²) in [7, 11) is 0. The molecule has 146 valence electrons. The molecule has 0 saturated carbocycles. The van der Waals surface area contributed by atoms with E-state index < -0.39 is 0 Å². The van der Waals surface area contributed by atoms with Crippen LogP contribution >= 0.6 is 23.1 Å². The van der Waals surface area contributed by atoms with Gasteiger partial charge in [-0.15, -0.1) is 11.3 Å². The van der Waals surface area contributed by atoms with E-state index in [1.165, 1.54) is 28.7 Å². The predicted octanol–water partition coefficient (Wildman–Crippen LogP) is 5.24. The lowest BCUT2D eigenvalue weighted by Gasteiger charge is -2.08. The highest BCUT2D eigenvalue weighted by Crippen LogP contribution is 2.31. The molecule has 0 aliphatic carbocycles. The summed E-state index contributed by atoms with van der Waals surface area (Å²) >= 11 is 2.94. The number of fused-ring (bicyclic) bond motifs is 1. The Bertz CT molecular complexity index is 1030. The van der Waals surface area contributed by atoms with Crippen molar-refractivity contribution >= 4 is 56.5 Å². The number of nitrogens with one attached hydrogen (secondary N) is 2. The number of amides is 2. The molecule has 0 saturated heterocycles. The molecule has 3 aromatic rings. The quantitative estimate of drug-likeness (QED) is 0.542. The lowest BCUT2D eigenvalue weighted by molar-refractivity contribution is -0.119. The van der Waals surface area contributed by atoms with E-state index in [9.17, 15) is 9.59 Å². The molecule has 2 N–H and O–H groups in total. The lowest BCUT2D eigenvalue weighted by atomic mass is 10.1. The van der Waals surface area contributed by atoms with Crippen molar-refractivity contribution in [2.75, 3.05) is 16.4 Å². The number of carbonyl (C=O) groups is 2. The number of aromatic nitrogens is 1. The third kappa shape index (κ3) is 5.11. The summed E-state index contributed by atoms with van der Waals surface area (Å²) in [5.41, 5.74) is 4.69. The number of thioether (sulfide) groups is 1. The van der Waals surface area contributed by atoms with Crippen LogP contribution in [0.1, 0.15) is 25.0 Å². The molecular weight excluding hydrogens is 390 g/mol. The van der Waals surface area contributed by atoms with Gasteiger partial charge in [0.1, 0.15) is 0 Å². The number of hydrogen-bond donors (Lipinski definition) is 2. The van der Waals surface area contributed by atoms with Crippen LogP contribution in [0.4, 0.5) is 11.4 Å². The third-order valence-electron chi connectivity index (χ3n) is 4.14. The highest BCUT2D eigenvalue weighted by molar-refractivity contribution is 8.01. The Hall–Kier alpha value is -2.38. The fourth-order valence-corrected chi connectivity index (χ4v) is 4.50. The minimum absolute atomic E-state index is 0.0125. The molecule has 3 rings (SSSR count). The van der Waals surface area contributed by atoms with Crippen LogP contribution in [0.25, 0.3) is 10.2 Å². The molecule has 5 nitrogen and oxygen atoms in total. The Morgan fingerprint density at radius 2 is 1.89 bits per heavy atom. The van der Waals surface area contributed by atoms with Crippen molar-refractivity contribution in [3.05, 3.63) is 47.5 Å². The van der Waals surface area contributed by atoms with E-state index in [0.717, 1.165) is 31.5 Å². The van der Waals surface area contributed by atoms with Crippen LogP contribution < -0.4 is 10.6 Å². The van der Waals surface area contributed by atoms with E-state index in [-0.39, 0.29) is 17.7 Å². The van der Waals surface area contributed by atoms with Gasteiger partial charge in [0.2, 0.25) is 11.8 Å². The van der Waals surface area contributed by atoms with Gasteiger partial charge < -0.3 is 10.6 Å². The zero-order valence-electron chi connectivity index (χ0n) is 16.3. The molecule has 0 atom stereocenters. The molecule has 2 amide bonds. The van der Waals surface area contributed by atoms with Crippen LogP contribution in [0, 0.1) is 19.8 Å². The van der Waals surface area contributed by atoms with Gasteiger partial charge in [-0.25, -0.2) is 4.98 Å². The molecule has 0 fully saturated rings. The van der Waals surface area contributed by atoms with Crippen LogP contribution in [-0.4, -0.2) is 22.6 Å². The van der Waals surface area contributed by atoms with Crippen molar-refractivity contribution < 1.29 is 9.59 Å². The second kappa shape index (κ2) is 8.75. The van der Waals surface area contributed by atoms with E-state index >= 15 is 0 Å². The van der Waals surface area contributed by atoms with Crippen molar-refractivity contribution in [2.45, 2.75) is 32.0 Å². The summed E-state index contributed by atoms with van der Waals surface area (Å²) in [5.74, 6) is 0.158. The van der Waals surface area contributed by atoms with Crippen LogP contribution in [0.5, 0.6) is 0 Å². The zero-order chi connectivity index (χ0) is 20.3. The molecule has 0 aliphatic rings. The number of anilines is 2. The molecule has 0 unspecified atom stereocenters. The maximum absolute atomic E-state index is 12.3. The SMILES string of the molecule is Cc1ccc(NC(=O)CSc2nc3ccc(NC(=O)C(C)C)cc3s2)c(C)c1. The van der Waals surface area contributed by atoms with E-state index in [1.807, 2.05) is 64.1 Å². The maximum atomic E-state index is 12.3. The molecule has 28 heavy (non-hydrogen) atoms. The largest absolute Gasteiger partial charge is 0.326 e. The Kier molecular flexibility index (Phi) is 6.36. The van der Waals surface area contributed by atoms with E-state index in [1.54, 1.807) is 0 Å². The molecular formula is C21H23N3O2S2. The monoisotopic (exact) mass is 413 g/mol. The highest BCUT2D eigenvalue weighted by atomic mass is 32.2. The number of benzene rings is 2. The van der Waals surface area contributed by atoms with Crippen LogP contribution in [0.3, 0.4) is 0 Å². The lowest BCUT2D eigenvalue weighted by Crippen LogP contribution is -2.17. The van der Waals surface area contributed by atoms with Crippen molar-refractivity contribution in [1.29, 1.82) is 0 Å². The summed E-state index contributed by atoms with van der Waals surface area (Å²) in [5, 5.41) is 5.85. The van der Waals surface area contributed by atoms with E-state index in [4.69, 9.17) is 0 Å². The fraction of sp³-hybridized carbons (Fsp3) is 0.286. The molecule has 0 radical (unpaired) electrons. The van der Waals surface area contributed by atoms with Crippen LogP contribution in [-0.2, 0) is 9.59 Å². The second-order valence-corrected chi connectivity index (χ2v) is 9.21. The number of hydrogen-bond acceptors (Lipinski definition) is 5. The summed E-state index contributed by atoms with van der Waals surface area (Å²) in [6, 6.07) is 11.6. The van der Waals surface area contributed by atoms with Crippen molar-refractivity contribution in [3.8, 4) is 0 Å². The Morgan fingerprint density at radius 3 is 2.61 bits per heavy atom. The highest BCUT2D eigenvalue weighted by Gasteiger charge is 2.11. The van der Waals surface area contributed by atoms with Gasteiger partial charge in [-0.3, -0.25) is 9.59 Å². The summed E-state index contributed by atoms with van der Waals surface area (Å²) in [6.45, 7) is 7.73. The summed E-state index contributed by atoms with van der Waals surface area (Å²) in [4.78, 5) is 28.7. The van der Waals surface area contributed by atoms with Gasteiger partial charge in [-0.2, -0.15) is 0 Å². The topological polar surface area (TPSA) is 71.1 Å². The minimum Gasteiger partial charge on any atom is -0.326 e. The average Bonchev–Trinajstić information content (AvgIpc) is 3.04. The van der Waals surface area contributed by atoms with Gasteiger partial charge in [-0.05, 0) is 43.7 Å². The molecule has 2 aromatic carbocycles. The maximum Gasteiger partial charge on any atom is 0.234 e. The summed E-state index contributed by atoms with van der Waals surface area (Å²) < 4.78 is 1.82. The smallest absolute Gasteiger partial charge is 0.234 e.